The summed E-state index contributed by atoms with van der Waals surface area (Å²) in [5.74, 6) is 0. The van der Waals surface area contributed by atoms with E-state index in [9.17, 15) is 0 Å². The van der Waals surface area contributed by atoms with E-state index in [-0.39, 0.29) is 6.04 Å². The molecule has 0 bridgehead atoms. The van der Waals surface area contributed by atoms with Gasteiger partial charge in [0.25, 0.3) is 0 Å². The summed E-state index contributed by atoms with van der Waals surface area (Å²) in [6.45, 7) is 14.1. The number of hydrogen-bond donors (Lipinski definition) is 1. The van der Waals surface area contributed by atoms with Crippen molar-refractivity contribution in [3.63, 3.8) is 0 Å². The van der Waals surface area contributed by atoms with Crippen molar-refractivity contribution in [3.8, 4) is 0 Å². The average molecular weight is 278 g/mol. The van der Waals surface area contributed by atoms with Crippen LogP contribution in [0.2, 0.25) is 0 Å². The van der Waals surface area contributed by atoms with Gasteiger partial charge in [-0.15, -0.1) is 0 Å². The van der Waals surface area contributed by atoms with Crippen molar-refractivity contribution in [2.45, 2.75) is 40.2 Å². The van der Waals surface area contributed by atoms with E-state index >= 15 is 0 Å². The van der Waals surface area contributed by atoms with E-state index in [1.807, 2.05) is 19.2 Å². The quantitative estimate of drug-likeness (QED) is 0.754. The molecule has 0 radical (unpaired) electrons. The Hall–Kier alpha value is -1.13. The van der Waals surface area contributed by atoms with Crippen molar-refractivity contribution >= 4 is 5.69 Å². The van der Waals surface area contributed by atoms with Gasteiger partial charge in [0.05, 0.1) is 17.6 Å². The molecule has 1 heterocycles. The zero-order chi connectivity index (χ0) is 15.0. The highest BCUT2D eigenvalue weighted by atomic mass is 15.1. The van der Waals surface area contributed by atoms with Crippen LogP contribution in [-0.4, -0.2) is 42.6 Å². The number of pyridine rings is 1. The second kappa shape index (κ2) is 8.93. The van der Waals surface area contributed by atoms with Gasteiger partial charge in [-0.25, -0.2) is 0 Å². The molecule has 0 amide bonds. The molecule has 0 aliphatic carbocycles. The van der Waals surface area contributed by atoms with Gasteiger partial charge in [0.15, 0.2) is 0 Å². The second-order valence-corrected chi connectivity index (χ2v) is 5.19. The molecular weight excluding hydrogens is 248 g/mol. The number of nitrogens with two attached hydrogens (primary N) is 1. The summed E-state index contributed by atoms with van der Waals surface area (Å²) >= 11 is 0. The van der Waals surface area contributed by atoms with Crippen molar-refractivity contribution < 1.29 is 0 Å². The molecule has 1 aromatic heterocycles. The highest BCUT2D eigenvalue weighted by Crippen LogP contribution is 2.15. The first kappa shape index (κ1) is 16.9. The first-order valence-electron chi connectivity index (χ1n) is 7.81. The Morgan fingerprint density at radius 2 is 1.80 bits per heavy atom. The van der Waals surface area contributed by atoms with Crippen LogP contribution in [0.5, 0.6) is 0 Å². The van der Waals surface area contributed by atoms with Crippen LogP contribution in [-0.2, 0) is 0 Å². The molecule has 2 N–H and O–H groups in total. The summed E-state index contributed by atoms with van der Waals surface area (Å²) in [6, 6.07) is 4.17. The third kappa shape index (κ3) is 5.10. The van der Waals surface area contributed by atoms with Gasteiger partial charge in [0.1, 0.15) is 0 Å². The Morgan fingerprint density at radius 1 is 1.10 bits per heavy atom. The standard InChI is InChI=1S/C16H30N4/c1-5-19(6-2)11-8-12-20(7-3)15-9-10-16(14(4)17)18-13-15/h9-10,13-14H,5-8,11-12,17H2,1-4H3/t14-/m1/s1. The molecule has 0 aliphatic heterocycles. The van der Waals surface area contributed by atoms with Crippen LogP contribution in [0.25, 0.3) is 0 Å². The zero-order valence-electron chi connectivity index (χ0n) is 13.5. The number of anilines is 1. The van der Waals surface area contributed by atoms with Gasteiger partial charge < -0.3 is 15.5 Å². The van der Waals surface area contributed by atoms with Gasteiger partial charge in [-0.3, -0.25) is 4.98 Å². The van der Waals surface area contributed by atoms with Crippen LogP contribution in [0.3, 0.4) is 0 Å². The predicted octanol–water partition coefficient (Wildman–Crippen LogP) is 2.66. The molecule has 1 atom stereocenters. The normalized spacial score (nSPS) is 12.7. The van der Waals surface area contributed by atoms with Crippen LogP contribution in [0, 0.1) is 0 Å². The van der Waals surface area contributed by atoms with Crippen LogP contribution >= 0.6 is 0 Å². The molecule has 0 aliphatic rings. The maximum Gasteiger partial charge on any atom is 0.0569 e. The Labute approximate surface area is 124 Å². The van der Waals surface area contributed by atoms with Crippen molar-refractivity contribution in [1.82, 2.24) is 9.88 Å². The summed E-state index contributed by atoms with van der Waals surface area (Å²) in [4.78, 5) is 9.29. The van der Waals surface area contributed by atoms with Crippen LogP contribution in [0.4, 0.5) is 5.69 Å². The number of nitrogens with zero attached hydrogens (tertiary/aromatic N) is 3. The predicted molar refractivity (Wildman–Crippen MR) is 87.1 cm³/mol. The Kier molecular flexibility index (Phi) is 7.55. The topological polar surface area (TPSA) is 45.4 Å². The monoisotopic (exact) mass is 278 g/mol. The second-order valence-electron chi connectivity index (χ2n) is 5.19. The molecule has 0 saturated carbocycles. The van der Waals surface area contributed by atoms with Gasteiger partial charge >= 0.3 is 0 Å². The van der Waals surface area contributed by atoms with Crippen LogP contribution < -0.4 is 10.6 Å². The van der Waals surface area contributed by atoms with Gasteiger partial charge in [-0.05, 0) is 52.0 Å². The maximum atomic E-state index is 5.83. The minimum absolute atomic E-state index is 0.00166. The Balaban J connectivity index is 2.53. The third-order valence-corrected chi connectivity index (χ3v) is 3.78. The summed E-state index contributed by atoms with van der Waals surface area (Å²) in [5, 5.41) is 0. The van der Waals surface area contributed by atoms with Gasteiger partial charge in [-0.1, -0.05) is 13.8 Å². The van der Waals surface area contributed by atoms with Crippen molar-refractivity contribution in [2.24, 2.45) is 5.73 Å². The summed E-state index contributed by atoms with van der Waals surface area (Å²) in [7, 11) is 0. The first-order chi connectivity index (χ1) is 9.62. The number of rotatable bonds is 9. The van der Waals surface area contributed by atoms with Crippen LogP contribution in [0.1, 0.15) is 45.9 Å². The molecule has 0 unspecified atom stereocenters. The summed E-state index contributed by atoms with van der Waals surface area (Å²) < 4.78 is 0. The maximum absolute atomic E-state index is 5.83. The Morgan fingerprint density at radius 3 is 2.25 bits per heavy atom. The third-order valence-electron chi connectivity index (χ3n) is 3.78. The van der Waals surface area contributed by atoms with Crippen molar-refractivity contribution in [1.29, 1.82) is 0 Å². The minimum Gasteiger partial charge on any atom is -0.371 e. The molecule has 1 rings (SSSR count). The highest BCUT2D eigenvalue weighted by Gasteiger charge is 2.07. The fourth-order valence-electron chi connectivity index (χ4n) is 2.35. The van der Waals surface area contributed by atoms with E-state index < -0.39 is 0 Å². The molecule has 0 fully saturated rings. The molecule has 114 valence electrons. The van der Waals surface area contributed by atoms with Crippen molar-refractivity contribution in [3.05, 3.63) is 24.0 Å². The lowest BCUT2D eigenvalue weighted by Crippen LogP contribution is -2.30. The first-order valence-corrected chi connectivity index (χ1v) is 7.81. The van der Waals surface area contributed by atoms with E-state index in [2.05, 4.69) is 41.6 Å². The van der Waals surface area contributed by atoms with E-state index in [0.717, 1.165) is 38.4 Å². The SMILES string of the molecule is CCN(CC)CCCN(CC)c1ccc([C@@H](C)N)nc1. The molecule has 1 aromatic rings. The van der Waals surface area contributed by atoms with E-state index in [1.54, 1.807) is 0 Å². The molecule has 0 saturated heterocycles. The fraction of sp³-hybridized carbons (Fsp3) is 0.688. The van der Waals surface area contributed by atoms with Crippen LogP contribution in [0.15, 0.2) is 18.3 Å². The lowest BCUT2D eigenvalue weighted by atomic mass is 10.2. The van der Waals surface area contributed by atoms with Gasteiger partial charge in [-0.2, -0.15) is 0 Å². The molecular formula is C16H30N4. The average Bonchev–Trinajstić information content (AvgIpc) is 2.48. The van der Waals surface area contributed by atoms with Crippen molar-refractivity contribution in [2.75, 3.05) is 37.6 Å². The largest absolute Gasteiger partial charge is 0.371 e. The molecule has 4 heteroatoms. The molecule has 0 spiro atoms. The zero-order valence-corrected chi connectivity index (χ0v) is 13.5. The van der Waals surface area contributed by atoms with E-state index in [0.29, 0.717) is 0 Å². The summed E-state index contributed by atoms with van der Waals surface area (Å²) in [6.07, 6.45) is 3.13. The number of hydrogen-bond acceptors (Lipinski definition) is 4. The van der Waals surface area contributed by atoms with Gasteiger partial charge in [0, 0.05) is 19.1 Å². The lowest BCUT2D eigenvalue weighted by molar-refractivity contribution is 0.301. The Bertz CT molecular complexity index is 357. The molecule has 0 aromatic carbocycles. The van der Waals surface area contributed by atoms with Gasteiger partial charge in [0.2, 0.25) is 0 Å². The minimum atomic E-state index is 0.00166. The lowest BCUT2D eigenvalue weighted by Gasteiger charge is -2.25. The molecule has 4 nitrogen and oxygen atoms in total. The van der Waals surface area contributed by atoms with E-state index in [1.165, 1.54) is 12.1 Å². The highest BCUT2D eigenvalue weighted by molar-refractivity contribution is 5.44. The smallest absolute Gasteiger partial charge is 0.0569 e. The molecule has 20 heavy (non-hydrogen) atoms. The summed E-state index contributed by atoms with van der Waals surface area (Å²) in [5.41, 5.74) is 7.98. The number of aromatic nitrogens is 1. The van der Waals surface area contributed by atoms with E-state index in [4.69, 9.17) is 5.73 Å². The fourth-order valence-corrected chi connectivity index (χ4v) is 2.35.